The molecule has 2 nitrogen and oxygen atoms in total. The molecule has 2 heteroatoms. The van der Waals surface area contributed by atoms with Crippen molar-refractivity contribution in [3.05, 3.63) is 70.3 Å². The fourth-order valence-electron chi connectivity index (χ4n) is 2.74. The number of benzene rings is 2. The Morgan fingerprint density at radius 1 is 1.00 bits per heavy atom. The van der Waals surface area contributed by atoms with Crippen LogP contribution in [0.2, 0.25) is 0 Å². The summed E-state index contributed by atoms with van der Waals surface area (Å²) in [5.74, 6) is 5.76. The van der Waals surface area contributed by atoms with Gasteiger partial charge in [-0.15, -0.1) is 0 Å². The van der Waals surface area contributed by atoms with E-state index in [0.717, 1.165) is 12.8 Å². The Labute approximate surface area is 122 Å². The molecule has 1 unspecified atom stereocenters. The lowest BCUT2D eigenvalue weighted by molar-refractivity contribution is 0.513. The molecule has 0 fully saturated rings. The third-order valence-corrected chi connectivity index (χ3v) is 3.97. The van der Waals surface area contributed by atoms with Crippen LogP contribution in [-0.4, -0.2) is 0 Å². The Balaban J connectivity index is 2.11. The Bertz CT molecular complexity index is 575. The van der Waals surface area contributed by atoms with E-state index in [-0.39, 0.29) is 6.04 Å². The number of hydrogen-bond acceptors (Lipinski definition) is 2. The fourth-order valence-corrected chi connectivity index (χ4v) is 2.74. The van der Waals surface area contributed by atoms with Crippen LogP contribution in [-0.2, 0) is 6.42 Å². The van der Waals surface area contributed by atoms with Gasteiger partial charge in [0.15, 0.2) is 0 Å². The second-order valence-electron chi connectivity index (χ2n) is 5.54. The van der Waals surface area contributed by atoms with E-state index in [0.29, 0.717) is 0 Å². The van der Waals surface area contributed by atoms with Gasteiger partial charge in [-0.05, 0) is 55.9 Å². The van der Waals surface area contributed by atoms with Gasteiger partial charge in [-0.2, -0.15) is 0 Å². The maximum atomic E-state index is 5.76. The van der Waals surface area contributed by atoms with Crippen LogP contribution in [0.3, 0.4) is 0 Å². The molecule has 2 aromatic carbocycles. The summed E-state index contributed by atoms with van der Waals surface area (Å²) in [4.78, 5) is 0. The lowest BCUT2D eigenvalue weighted by atomic mass is 9.94. The lowest BCUT2D eigenvalue weighted by Crippen LogP contribution is -2.29. The van der Waals surface area contributed by atoms with E-state index in [1.165, 1.54) is 27.8 Å². The van der Waals surface area contributed by atoms with E-state index in [9.17, 15) is 0 Å². The topological polar surface area (TPSA) is 38.0 Å². The van der Waals surface area contributed by atoms with Crippen LogP contribution in [0, 0.1) is 20.8 Å². The molecule has 0 radical (unpaired) electrons. The fraction of sp³-hybridized carbons (Fsp3) is 0.333. The number of hydrazine groups is 1. The number of hydrogen-bond donors (Lipinski definition) is 2. The lowest BCUT2D eigenvalue weighted by Gasteiger charge is -2.19. The molecule has 20 heavy (non-hydrogen) atoms. The van der Waals surface area contributed by atoms with Gasteiger partial charge in [0.1, 0.15) is 0 Å². The molecule has 0 amide bonds. The molecule has 0 saturated carbocycles. The van der Waals surface area contributed by atoms with E-state index >= 15 is 0 Å². The highest BCUT2D eigenvalue weighted by Gasteiger charge is 2.12. The van der Waals surface area contributed by atoms with Gasteiger partial charge in [-0.1, -0.05) is 48.0 Å². The summed E-state index contributed by atoms with van der Waals surface area (Å²) in [6.45, 7) is 6.44. The second kappa shape index (κ2) is 6.69. The molecule has 0 saturated heterocycles. The molecule has 0 spiro atoms. The first-order chi connectivity index (χ1) is 9.61. The van der Waals surface area contributed by atoms with Gasteiger partial charge >= 0.3 is 0 Å². The number of nitrogens with one attached hydrogen (secondary N) is 1. The molecule has 1 atom stereocenters. The van der Waals surface area contributed by atoms with Gasteiger partial charge in [0.2, 0.25) is 0 Å². The molecule has 0 heterocycles. The van der Waals surface area contributed by atoms with E-state index in [1.807, 2.05) is 0 Å². The Morgan fingerprint density at radius 3 is 2.40 bits per heavy atom. The number of aryl methyl sites for hydroxylation is 4. The standard InChI is InChI=1S/C18H24N2/c1-13-8-10-17(15(3)12-13)18(20-19)11-9-16-7-5-4-6-14(16)2/h4-8,10,12,18,20H,9,11,19H2,1-3H3. The summed E-state index contributed by atoms with van der Waals surface area (Å²) in [7, 11) is 0. The van der Waals surface area contributed by atoms with Crippen LogP contribution in [0.5, 0.6) is 0 Å². The van der Waals surface area contributed by atoms with Crippen molar-refractivity contribution in [2.24, 2.45) is 5.84 Å². The van der Waals surface area contributed by atoms with Crippen molar-refractivity contribution in [2.75, 3.05) is 0 Å². The summed E-state index contributed by atoms with van der Waals surface area (Å²) in [6, 6.07) is 15.3. The summed E-state index contributed by atoms with van der Waals surface area (Å²) in [5.41, 5.74) is 9.61. The van der Waals surface area contributed by atoms with Crippen LogP contribution in [0.25, 0.3) is 0 Å². The van der Waals surface area contributed by atoms with Gasteiger partial charge < -0.3 is 0 Å². The normalized spacial score (nSPS) is 12.4. The first kappa shape index (κ1) is 14.8. The van der Waals surface area contributed by atoms with Crippen molar-refractivity contribution >= 4 is 0 Å². The minimum Gasteiger partial charge on any atom is -0.271 e. The largest absolute Gasteiger partial charge is 0.271 e. The van der Waals surface area contributed by atoms with Crippen molar-refractivity contribution in [3.63, 3.8) is 0 Å². The highest BCUT2D eigenvalue weighted by molar-refractivity contribution is 5.33. The third kappa shape index (κ3) is 3.47. The van der Waals surface area contributed by atoms with Gasteiger partial charge in [-0.25, -0.2) is 0 Å². The molecule has 106 valence electrons. The van der Waals surface area contributed by atoms with Crippen molar-refractivity contribution in [3.8, 4) is 0 Å². The molecule has 0 aliphatic carbocycles. The number of nitrogens with two attached hydrogens (primary N) is 1. The van der Waals surface area contributed by atoms with Crippen LogP contribution in [0.4, 0.5) is 0 Å². The van der Waals surface area contributed by atoms with Crippen molar-refractivity contribution in [2.45, 2.75) is 39.7 Å². The molecule has 0 aliphatic heterocycles. The van der Waals surface area contributed by atoms with Gasteiger partial charge in [0.05, 0.1) is 0 Å². The zero-order valence-electron chi connectivity index (χ0n) is 12.6. The monoisotopic (exact) mass is 268 g/mol. The number of rotatable bonds is 5. The highest BCUT2D eigenvalue weighted by atomic mass is 15.2. The highest BCUT2D eigenvalue weighted by Crippen LogP contribution is 2.23. The smallest absolute Gasteiger partial charge is 0.0465 e. The van der Waals surface area contributed by atoms with Gasteiger partial charge in [0, 0.05) is 6.04 Å². The minimum atomic E-state index is 0.204. The first-order valence-electron chi connectivity index (χ1n) is 7.19. The second-order valence-corrected chi connectivity index (χ2v) is 5.54. The zero-order chi connectivity index (χ0) is 14.5. The van der Waals surface area contributed by atoms with E-state index in [1.54, 1.807) is 0 Å². The van der Waals surface area contributed by atoms with Crippen molar-refractivity contribution < 1.29 is 0 Å². The zero-order valence-corrected chi connectivity index (χ0v) is 12.6. The van der Waals surface area contributed by atoms with E-state index in [4.69, 9.17) is 5.84 Å². The maximum absolute atomic E-state index is 5.76. The Kier molecular flexibility index (Phi) is 4.94. The summed E-state index contributed by atoms with van der Waals surface area (Å²) < 4.78 is 0. The van der Waals surface area contributed by atoms with Crippen molar-refractivity contribution in [1.82, 2.24) is 5.43 Å². The molecular formula is C18H24N2. The Hall–Kier alpha value is -1.64. The van der Waals surface area contributed by atoms with Crippen molar-refractivity contribution in [1.29, 1.82) is 0 Å². The maximum Gasteiger partial charge on any atom is 0.0465 e. The quantitative estimate of drug-likeness (QED) is 0.640. The predicted octanol–water partition coefficient (Wildman–Crippen LogP) is 3.75. The summed E-state index contributed by atoms with van der Waals surface area (Å²) in [5, 5.41) is 0. The summed E-state index contributed by atoms with van der Waals surface area (Å²) in [6.07, 6.45) is 2.04. The molecule has 0 bridgehead atoms. The van der Waals surface area contributed by atoms with Crippen LogP contribution in [0.15, 0.2) is 42.5 Å². The average Bonchev–Trinajstić information content (AvgIpc) is 2.43. The molecule has 0 aromatic heterocycles. The van der Waals surface area contributed by atoms with E-state index in [2.05, 4.69) is 68.7 Å². The third-order valence-electron chi connectivity index (χ3n) is 3.97. The van der Waals surface area contributed by atoms with Gasteiger partial charge in [-0.3, -0.25) is 11.3 Å². The minimum absolute atomic E-state index is 0.204. The molecule has 3 N–H and O–H groups in total. The first-order valence-corrected chi connectivity index (χ1v) is 7.19. The van der Waals surface area contributed by atoms with Gasteiger partial charge in [0.25, 0.3) is 0 Å². The van der Waals surface area contributed by atoms with Crippen LogP contribution >= 0.6 is 0 Å². The average molecular weight is 268 g/mol. The summed E-state index contributed by atoms with van der Waals surface area (Å²) >= 11 is 0. The molecular weight excluding hydrogens is 244 g/mol. The molecule has 2 rings (SSSR count). The molecule has 0 aliphatic rings. The molecule has 2 aromatic rings. The van der Waals surface area contributed by atoms with E-state index < -0.39 is 0 Å². The Morgan fingerprint density at radius 2 is 1.75 bits per heavy atom. The predicted molar refractivity (Wildman–Crippen MR) is 85.5 cm³/mol. The van der Waals surface area contributed by atoms with Crippen LogP contribution < -0.4 is 11.3 Å². The SMILES string of the molecule is Cc1ccc(C(CCc2ccccc2C)NN)c(C)c1. The van der Waals surface area contributed by atoms with Crippen LogP contribution in [0.1, 0.15) is 40.3 Å².